The Hall–Kier alpha value is -0.150. The molecule has 58 valence electrons. The summed E-state index contributed by atoms with van der Waals surface area (Å²) in [6.45, 7) is 0. The quantitative estimate of drug-likeness (QED) is 0.493. The molecule has 10 heavy (non-hydrogen) atoms. The molecule has 1 aliphatic rings. The molecule has 0 saturated heterocycles. The molecule has 0 bridgehead atoms. The lowest BCUT2D eigenvalue weighted by atomic mass is 10.0. The maximum atomic E-state index is 10.3. The summed E-state index contributed by atoms with van der Waals surface area (Å²) in [5.41, 5.74) is 1.16. The molecule has 1 aliphatic carbocycles. The van der Waals surface area contributed by atoms with Crippen LogP contribution in [0.5, 0.6) is 0 Å². The Bertz CT molecular complexity index is 163. The van der Waals surface area contributed by atoms with Gasteiger partial charge < -0.3 is 4.55 Å². The second-order valence-electron chi connectivity index (χ2n) is 2.57. The van der Waals surface area contributed by atoms with Gasteiger partial charge in [-0.1, -0.05) is 11.6 Å². The van der Waals surface area contributed by atoms with Crippen LogP contribution in [-0.4, -0.2) is 14.5 Å². The largest absolute Gasteiger partial charge is 0.306 e. The lowest BCUT2D eigenvalue weighted by Gasteiger charge is -2.09. The van der Waals surface area contributed by atoms with Crippen molar-refractivity contribution in [1.29, 1.82) is 0 Å². The molecule has 0 spiro atoms. The highest BCUT2D eigenvalue weighted by atomic mass is 32.2. The average Bonchev–Trinajstić information content (AvgIpc) is 1.88. The fraction of sp³-hybridized carbons (Fsp3) is 0.714. The van der Waals surface area contributed by atoms with E-state index in [-0.39, 0.29) is 0 Å². The summed E-state index contributed by atoms with van der Waals surface area (Å²) < 4.78 is 18.9. The zero-order valence-electron chi connectivity index (χ0n) is 5.88. The highest BCUT2D eigenvalue weighted by Gasteiger charge is 2.05. The lowest BCUT2D eigenvalue weighted by Crippen LogP contribution is -2.02. The normalized spacial score (nSPS) is 21.9. The SMILES string of the molecule is O=S(O)CC1=CCCCC1. The summed E-state index contributed by atoms with van der Waals surface area (Å²) in [4.78, 5) is 0. The van der Waals surface area contributed by atoms with Gasteiger partial charge in [0.25, 0.3) is 0 Å². The highest BCUT2D eigenvalue weighted by Crippen LogP contribution is 2.17. The van der Waals surface area contributed by atoms with Gasteiger partial charge in [0.1, 0.15) is 0 Å². The molecule has 2 nitrogen and oxygen atoms in total. The molecule has 0 aliphatic heterocycles. The average molecular weight is 160 g/mol. The van der Waals surface area contributed by atoms with Crippen LogP contribution in [0.25, 0.3) is 0 Å². The van der Waals surface area contributed by atoms with Crippen LogP contribution in [0.1, 0.15) is 25.7 Å². The Morgan fingerprint density at radius 3 is 2.90 bits per heavy atom. The van der Waals surface area contributed by atoms with Crippen LogP contribution in [0.4, 0.5) is 0 Å². The Morgan fingerprint density at radius 1 is 1.60 bits per heavy atom. The summed E-state index contributed by atoms with van der Waals surface area (Å²) in [5.74, 6) is 0.361. The third-order valence-corrected chi connectivity index (χ3v) is 2.31. The standard InChI is InChI=1S/C7H12O2S/c8-10(9)6-7-4-2-1-3-5-7/h4H,1-3,5-6H2,(H,8,9). The van der Waals surface area contributed by atoms with Crippen molar-refractivity contribution in [3.8, 4) is 0 Å². The number of hydrogen-bond acceptors (Lipinski definition) is 1. The molecule has 0 radical (unpaired) electrons. The fourth-order valence-corrected chi connectivity index (χ4v) is 1.77. The van der Waals surface area contributed by atoms with Gasteiger partial charge >= 0.3 is 0 Å². The minimum Gasteiger partial charge on any atom is -0.306 e. The van der Waals surface area contributed by atoms with E-state index in [4.69, 9.17) is 4.55 Å². The smallest absolute Gasteiger partial charge is 0.156 e. The summed E-state index contributed by atoms with van der Waals surface area (Å²) in [6, 6.07) is 0. The van der Waals surface area contributed by atoms with Crippen LogP contribution >= 0.6 is 0 Å². The zero-order valence-corrected chi connectivity index (χ0v) is 6.69. The second-order valence-corrected chi connectivity index (χ2v) is 3.51. The molecule has 1 N–H and O–H groups in total. The van der Waals surface area contributed by atoms with Gasteiger partial charge in [-0.25, -0.2) is 4.21 Å². The van der Waals surface area contributed by atoms with Crippen molar-refractivity contribution in [2.24, 2.45) is 0 Å². The third-order valence-electron chi connectivity index (χ3n) is 1.69. The lowest BCUT2D eigenvalue weighted by molar-refractivity contribution is 0.564. The second kappa shape index (κ2) is 3.88. The molecule has 0 amide bonds. The molecule has 1 rings (SSSR count). The van der Waals surface area contributed by atoms with Crippen molar-refractivity contribution >= 4 is 11.1 Å². The van der Waals surface area contributed by atoms with E-state index in [9.17, 15) is 4.21 Å². The van der Waals surface area contributed by atoms with Crippen LogP contribution in [0.2, 0.25) is 0 Å². The van der Waals surface area contributed by atoms with E-state index < -0.39 is 11.1 Å². The first-order valence-electron chi connectivity index (χ1n) is 3.54. The monoisotopic (exact) mass is 160 g/mol. The zero-order chi connectivity index (χ0) is 7.40. The van der Waals surface area contributed by atoms with Gasteiger partial charge in [-0.2, -0.15) is 0 Å². The summed E-state index contributed by atoms with van der Waals surface area (Å²) in [5, 5.41) is 0. The van der Waals surface area contributed by atoms with E-state index in [1.54, 1.807) is 0 Å². The summed E-state index contributed by atoms with van der Waals surface area (Å²) in [6.07, 6.45) is 6.63. The number of rotatable bonds is 2. The molecule has 0 aromatic carbocycles. The first kappa shape index (κ1) is 7.95. The maximum absolute atomic E-state index is 10.3. The Labute approximate surface area is 63.6 Å². The molecule has 0 fully saturated rings. The highest BCUT2D eigenvalue weighted by molar-refractivity contribution is 7.79. The van der Waals surface area contributed by atoms with Crippen molar-refractivity contribution in [2.75, 3.05) is 5.75 Å². The van der Waals surface area contributed by atoms with Gasteiger partial charge in [0.2, 0.25) is 0 Å². The molecule has 1 unspecified atom stereocenters. The van der Waals surface area contributed by atoms with E-state index >= 15 is 0 Å². The Morgan fingerprint density at radius 2 is 2.40 bits per heavy atom. The van der Waals surface area contributed by atoms with Gasteiger partial charge in [-0.05, 0) is 25.7 Å². The molecule has 0 heterocycles. The molecule has 1 atom stereocenters. The molecular weight excluding hydrogens is 148 g/mol. The molecule has 0 aromatic heterocycles. The molecular formula is C7H12O2S. The van der Waals surface area contributed by atoms with E-state index in [1.165, 1.54) is 12.8 Å². The van der Waals surface area contributed by atoms with Crippen LogP contribution in [-0.2, 0) is 11.1 Å². The van der Waals surface area contributed by atoms with Crippen molar-refractivity contribution in [2.45, 2.75) is 25.7 Å². The van der Waals surface area contributed by atoms with Crippen LogP contribution in [0.3, 0.4) is 0 Å². The minimum absolute atomic E-state index is 0.361. The molecule has 3 heteroatoms. The van der Waals surface area contributed by atoms with Gasteiger partial charge in [0.05, 0.1) is 5.75 Å². The first-order valence-corrected chi connectivity index (χ1v) is 4.82. The number of allylic oxidation sites excluding steroid dienone is 1. The van der Waals surface area contributed by atoms with Crippen molar-refractivity contribution in [3.63, 3.8) is 0 Å². The van der Waals surface area contributed by atoms with Gasteiger partial charge in [-0.15, -0.1) is 0 Å². The van der Waals surface area contributed by atoms with E-state index in [2.05, 4.69) is 6.08 Å². The van der Waals surface area contributed by atoms with E-state index in [0.717, 1.165) is 18.4 Å². The van der Waals surface area contributed by atoms with E-state index in [0.29, 0.717) is 5.75 Å². The Kier molecular flexibility index (Phi) is 3.09. The minimum atomic E-state index is -1.63. The predicted molar refractivity (Wildman–Crippen MR) is 42.2 cm³/mol. The third kappa shape index (κ3) is 2.62. The van der Waals surface area contributed by atoms with Gasteiger partial charge in [-0.3, -0.25) is 0 Å². The molecule has 0 aromatic rings. The maximum Gasteiger partial charge on any atom is 0.156 e. The molecule has 0 saturated carbocycles. The van der Waals surface area contributed by atoms with Crippen LogP contribution in [0.15, 0.2) is 11.6 Å². The topological polar surface area (TPSA) is 37.3 Å². The summed E-state index contributed by atoms with van der Waals surface area (Å²) in [7, 11) is 0. The van der Waals surface area contributed by atoms with Crippen LogP contribution in [0, 0.1) is 0 Å². The number of hydrogen-bond donors (Lipinski definition) is 1. The van der Waals surface area contributed by atoms with Gasteiger partial charge in [0, 0.05) is 0 Å². The van der Waals surface area contributed by atoms with Crippen molar-refractivity contribution < 1.29 is 8.76 Å². The summed E-state index contributed by atoms with van der Waals surface area (Å²) >= 11 is -1.63. The van der Waals surface area contributed by atoms with Crippen molar-refractivity contribution in [3.05, 3.63) is 11.6 Å². The fourth-order valence-electron chi connectivity index (χ4n) is 1.19. The first-order chi connectivity index (χ1) is 4.79. The van der Waals surface area contributed by atoms with Crippen LogP contribution < -0.4 is 0 Å². The van der Waals surface area contributed by atoms with Gasteiger partial charge in [0.15, 0.2) is 11.1 Å². The predicted octanol–water partition coefficient (Wildman–Crippen LogP) is 1.71. The Balaban J connectivity index is 2.38. The van der Waals surface area contributed by atoms with Crippen molar-refractivity contribution in [1.82, 2.24) is 0 Å². The van der Waals surface area contributed by atoms with E-state index in [1.807, 2.05) is 0 Å².